The Morgan fingerprint density at radius 3 is 2.33 bits per heavy atom. The molecule has 1 N–H and O–H groups in total. The lowest BCUT2D eigenvalue weighted by atomic mass is 10.1. The summed E-state index contributed by atoms with van der Waals surface area (Å²) in [4.78, 5) is 13.1. The van der Waals surface area contributed by atoms with Crippen LogP contribution in [-0.4, -0.2) is 25.4 Å². The van der Waals surface area contributed by atoms with Crippen molar-refractivity contribution < 1.29 is 9.53 Å². The molecule has 0 aromatic heterocycles. The van der Waals surface area contributed by atoms with E-state index < -0.39 is 6.04 Å². The zero-order chi connectivity index (χ0) is 14.9. The molecule has 0 fully saturated rings. The second-order valence-electron chi connectivity index (χ2n) is 4.48. The highest BCUT2D eigenvalue weighted by Crippen LogP contribution is 2.17. The average Bonchev–Trinajstić information content (AvgIpc) is 2.56. The molecule has 0 spiro atoms. The van der Waals surface area contributed by atoms with Crippen molar-refractivity contribution in [3.05, 3.63) is 66.2 Å². The molecule has 0 heterocycles. The summed E-state index contributed by atoms with van der Waals surface area (Å²) in [6.07, 6.45) is 0. The first-order valence-corrected chi connectivity index (χ1v) is 7.84. The van der Waals surface area contributed by atoms with Crippen LogP contribution in [-0.2, 0) is 9.53 Å². The molecular weight excluding hydrogens is 282 g/mol. The van der Waals surface area contributed by atoms with Gasteiger partial charge in [0.1, 0.15) is 6.04 Å². The molecule has 1 atom stereocenters. The smallest absolute Gasteiger partial charge is 0.327 e. The van der Waals surface area contributed by atoms with Crippen LogP contribution in [0.5, 0.6) is 0 Å². The lowest BCUT2D eigenvalue weighted by Gasteiger charge is -2.16. The molecule has 0 radical (unpaired) electrons. The Hall–Kier alpha value is -1.78. The summed E-state index contributed by atoms with van der Waals surface area (Å²) in [6, 6.07) is 19.4. The molecule has 4 heteroatoms. The molecular formula is C17H19NO2S. The molecule has 0 aliphatic rings. The van der Waals surface area contributed by atoms with Gasteiger partial charge in [-0.25, -0.2) is 4.79 Å². The van der Waals surface area contributed by atoms with Gasteiger partial charge in [0, 0.05) is 17.2 Å². The number of methoxy groups -OCH3 is 1. The fourth-order valence-electron chi connectivity index (χ4n) is 1.99. The molecule has 110 valence electrons. The van der Waals surface area contributed by atoms with Gasteiger partial charge in [0.15, 0.2) is 0 Å². The van der Waals surface area contributed by atoms with Gasteiger partial charge in [0.2, 0.25) is 0 Å². The third-order valence-electron chi connectivity index (χ3n) is 3.03. The number of carbonyl (C=O) groups excluding carboxylic acids is 1. The molecule has 21 heavy (non-hydrogen) atoms. The lowest BCUT2D eigenvalue weighted by Crippen LogP contribution is -2.31. The van der Waals surface area contributed by atoms with Crippen molar-refractivity contribution in [2.24, 2.45) is 0 Å². The minimum atomic E-state index is -0.410. The van der Waals surface area contributed by atoms with E-state index in [9.17, 15) is 4.79 Å². The van der Waals surface area contributed by atoms with Crippen LogP contribution in [0, 0.1) is 0 Å². The molecule has 0 saturated carbocycles. The fraction of sp³-hybridized carbons (Fsp3) is 0.235. The Balaban J connectivity index is 1.87. The lowest BCUT2D eigenvalue weighted by molar-refractivity contribution is -0.143. The maximum absolute atomic E-state index is 11.9. The number of rotatable bonds is 7. The third kappa shape index (κ3) is 4.92. The minimum Gasteiger partial charge on any atom is -0.468 e. The Morgan fingerprint density at radius 2 is 1.71 bits per heavy atom. The van der Waals surface area contributed by atoms with Crippen LogP contribution >= 0.6 is 11.8 Å². The molecule has 1 unspecified atom stereocenters. The predicted molar refractivity (Wildman–Crippen MR) is 86.4 cm³/mol. The third-order valence-corrected chi connectivity index (χ3v) is 4.05. The van der Waals surface area contributed by atoms with Crippen LogP contribution in [0.1, 0.15) is 11.6 Å². The normalized spacial score (nSPS) is 11.9. The topological polar surface area (TPSA) is 38.3 Å². The van der Waals surface area contributed by atoms with Gasteiger partial charge in [-0.15, -0.1) is 11.8 Å². The summed E-state index contributed by atoms with van der Waals surface area (Å²) in [7, 11) is 1.42. The fourth-order valence-corrected chi connectivity index (χ4v) is 2.79. The number of hydrogen-bond donors (Lipinski definition) is 1. The van der Waals surface area contributed by atoms with Crippen molar-refractivity contribution in [2.75, 3.05) is 19.4 Å². The number of nitrogens with one attached hydrogen (secondary N) is 1. The van der Waals surface area contributed by atoms with E-state index in [4.69, 9.17) is 4.74 Å². The van der Waals surface area contributed by atoms with E-state index >= 15 is 0 Å². The van der Waals surface area contributed by atoms with Crippen LogP contribution < -0.4 is 5.32 Å². The van der Waals surface area contributed by atoms with Gasteiger partial charge in [-0.05, 0) is 17.7 Å². The van der Waals surface area contributed by atoms with Crippen LogP contribution in [0.2, 0.25) is 0 Å². The highest BCUT2D eigenvalue weighted by atomic mass is 32.2. The quantitative estimate of drug-likeness (QED) is 0.484. The Labute approximate surface area is 129 Å². The number of benzene rings is 2. The molecule has 0 bridgehead atoms. The zero-order valence-electron chi connectivity index (χ0n) is 12.0. The Bertz CT molecular complexity index is 545. The van der Waals surface area contributed by atoms with Crippen molar-refractivity contribution in [2.45, 2.75) is 10.9 Å². The van der Waals surface area contributed by atoms with Gasteiger partial charge < -0.3 is 4.74 Å². The number of esters is 1. The number of hydrogen-bond acceptors (Lipinski definition) is 4. The summed E-state index contributed by atoms with van der Waals surface area (Å²) in [5, 5.41) is 3.26. The van der Waals surface area contributed by atoms with Gasteiger partial charge in [-0.1, -0.05) is 48.5 Å². The van der Waals surface area contributed by atoms with E-state index in [0.717, 1.165) is 17.9 Å². The van der Waals surface area contributed by atoms with Crippen LogP contribution in [0.4, 0.5) is 0 Å². The molecule has 0 aliphatic heterocycles. The van der Waals surface area contributed by atoms with E-state index in [2.05, 4.69) is 17.4 Å². The second kappa shape index (κ2) is 8.49. The molecule has 0 saturated heterocycles. The molecule has 2 aromatic carbocycles. The van der Waals surface area contributed by atoms with E-state index in [1.54, 1.807) is 11.8 Å². The van der Waals surface area contributed by atoms with Crippen molar-refractivity contribution in [3.8, 4) is 0 Å². The Kier molecular flexibility index (Phi) is 6.31. The van der Waals surface area contributed by atoms with Crippen molar-refractivity contribution in [1.29, 1.82) is 0 Å². The van der Waals surface area contributed by atoms with Gasteiger partial charge in [-0.3, -0.25) is 5.32 Å². The number of carbonyl (C=O) groups is 1. The maximum Gasteiger partial charge on any atom is 0.327 e. The standard InChI is InChI=1S/C17H19NO2S/c1-20-17(19)16(14-8-4-2-5-9-14)18-12-13-21-15-10-6-3-7-11-15/h2-11,16,18H,12-13H2,1H3. The SMILES string of the molecule is COC(=O)C(NCCSc1ccccc1)c1ccccc1. The highest BCUT2D eigenvalue weighted by Gasteiger charge is 2.19. The van der Waals surface area contributed by atoms with Crippen LogP contribution in [0.15, 0.2) is 65.6 Å². The van der Waals surface area contributed by atoms with Crippen molar-refractivity contribution in [3.63, 3.8) is 0 Å². The molecule has 0 amide bonds. The minimum absolute atomic E-state index is 0.258. The first-order chi connectivity index (χ1) is 10.3. The molecule has 3 nitrogen and oxygen atoms in total. The number of thioether (sulfide) groups is 1. The molecule has 2 aromatic rings. The highest BCUT2D eigenvalue weighted by molar-refractivity contribution is 7.99. The van der Waals surface area contributed by atoms with Crippen LogP contribution in [0.3, 0.4) is 0 Å². The van der Waals surface area contributed by atoms with Gasteiger partial charge in [0.05, 0.1) is 7.11 Å². The Morgan fingerprint density at radius 1 is 1.10 bits per heavy atom. The van der Waals surface area contributed by atoms with E-state index in [1.165, 1.54) is 12.0 Å². The summed E-state index contributed by atoms with van der Waals surface area (Å²) < 4.78 is 4.87. The molecule has 0 aliphatic carbocycles. The summed E-state index contributed by atoms with van der Waals surface area (Å²) >= 11 is 1.76. The summed E-state index contributed by atoms with van der Waals surface area (Å²) in [5.74, 6) is 0.635. The van der Waals surface area contributed by atoms with E-state index in [1.807, 2.05) is 48.5 Å². The number of ether oxygens (including phenoxy) is 1. The van der Waals surface area contributed by atoms with E-state index in [0.29, 0.717) is 0 Å². The largest absolute Gasteiger partial charge is 0.468 e. The van der Waals surface area contributed by atoms with Crippen molar-refractivity contribution >= 4 is 17.7 Å². The predicted octanol–water partition coefficient (Wildman–Crippen LogP) is 3.28. The van der Waals surface area contributed by atoms with E-state index in [-0.39, 0.29) is 5.97 Å². The average molecular weight is 301 g/mol. The summed E-state index contributed by atoms with van der Waals surface area (Å²) in [6.45, 7) is 0.730. The van der Waals surface area contributed by atoms with Gasteiger partial charge in [-0.2, -0.15) is 0 Å². The molecule has 2 rings (SSSR count). The van der Waals surface area contributed by atoms with Gasteiger partial charge >= 0.3 is 5.97 Å². The maximum atomic E-state index is 11.9. The zero-order valence-corrected chi connectivity index (χ0v) is 12.8. The van der Waals surface area contributed by atoms with Crippen LogP contribution in [0.25, 0.3) is 0 Å². The first kappa shape index (κ1) is 15.6. The first-order valence-electron chi connectivity index (χ1n) is 6.85. The van der Waals surface area contributed by atoms with Crippen molar-refractivity contribution in [1.82, 2.24) is 5.32 Å². The summed E-state index contributed by atoms with van der Waals surface area (Å²) in [5.41, 5.74) is 0.925. The second-order valence-corrected chi connectivity index (χ2v) is 5.65. The monoisotopic (exact) mass is 301 g/mol. The van der Waals surface area contributed by atoms with Gasteiger partial charge in [0.25, 0.3) is 0 Å².